The van der Waals surface area contributed by atoms with Gasteiger partial charge in [-0.05, 0) is 6.92 Å². The lowest BCUT2D eigenvalue weighted by Gasteiger charge is -2.46. The number of fused-ring (bicyclic) bond motifs is 2. The molecule has 0 radical (unpaired) electrons. The number of ether oxygens (including phenoxy) is 3. The van der Waals surface area contributed by atoms with Crippen LogP contribution in [0.1, 0.15) is 19.8 Å². The van der Waals surface area contributed by atoms with E-state index in [4.69, 9.17) is 14.2 Å². The predicted octanol–water partition coefficient (Wildman–Crippen LogP) is 0.888. The highest BCUT2D eigenvalue weighted by atomic mass is 16.6. The number of hydrogen-bond donors (Lipinski definition) is 1. The Hall–Kier alpha value is -0.420. The Morgan fingerprint density at radius 1 is 1.12 bits per heavy atom. The first-order valence-corrected chi connectivity index (χ1v) is 5.56. The van der Waals surface area contributed by atoms with Gasteiger partial charge in [0.15, 0.2) is 0 Å². The van der Waals surface area contributed by atoms with Crippen LogP contribution in [0.15, 0.2) is 12.2 Å². The standard InChI is InChI=1S/C12H20O4/c1-10(13)6-11(8-14-2)4-5-12(7-10,16-11)9-15-3/h4-5,13H,6-9H2,1-3H3/t10-,11+,12-. The Balaban J connectivity index is 2.24. The minimum Gasteiger partial charge on any atom is -0.390 e. The van der Waals surface area contributed by atoms with Crippen LogP contribution in [-0.4, -0.2) is 49.3 Å². The molecule has 2 aliphatic rings. The van der Waals surface area contributed by atoms with Gasteiger partial charge in [-0.3, -0.25) is 0 Å². The summed E-state index contributed by atoms with van der Waals surface area (Å²) in [4.78, 5) is 0. The summed E-state index contributed by atoms with van der Waals surface area (Å²) < 4.78 is 16.4. The van der Waals surface area contributed by atoms with E-state index in [2.05, 4.69) is 0 Å². The second kappa shape index (κ2) is 3.81. The van der Waals surface area contributed by atoms with Gasteiger partial charge in [-0.25, -0.2) is 0 Å². The molecule has 0 unspecified atom stereocenters. The summed E-state index contributed by atoms with van der Waals surface area (Å²) in [5, 5.41) is 10.3. The molecule has 1 saturated heterocycles. The van der Waals surface area contributed by atoms with E-state index in [-0.39, 0.29) is 0 Å². The molecule has 2 aliphatic heterocycles. The van der Waals surface area contributed by atoms with Crippen LogP contribution >= 0.6 is 0 Å². The van der Waals surface area contributed by atoms with Crippen LogP contribution in [0.2, 0.25) is 0 Å². The molecule has 1 N–H and O–H groups in total. The summed E-state index contributed by atoms with van der Waals surface area (Å²) in [7, 11) is 3.29. The summed E-state index contributed by atoms with van der Waals surface area (Å²) >= 11 is 0. The van der Waals surface area contributed by atoms with Crippen molar-refractivity contribution in [1.82, 2.24) is 0 Å². The van der Waals surface area contributed by atoms with E-state index in [1.807, 2.05) is 19.1 Å². The predicted molar refractivity (Wildman–Crippen MR) is 59.3 cm³/mol. The van der Waals surface area contributed by atoms with E-state index < -0.39 is 16.8 Å². The summed E-state index contributed by atoms with van der Waals surface area (Å²) in [6.07, 6.45) is 5.15. The van der Waals surface area contributed by atoms with E-state index in [0.29, 0.717) is 26.1 Å². The van der Waals surface area contributed by atoms with Crippen molar-refractivity contribution in [2.75, 3.05) is 27.4 Å². The van der Waals surface area contributed by atoms with Crippen LogP contribution < -0.4 is 0 Å². The average Bonchev–Trinajstić information content (AvgIpc) is 2.38. The lowest BCUT2D eigenvalue weighted by atomic mass is 9.80. The molecular formula is C12H20O4. The van der Waals surface area contributed by atoms with Crippen LogP contribution in [0.5, 0.6) is 0 Å². The Kier molecular flexibility index (Phi) is 2.87. The van der Waals surface area contributed by atoms with Crippen molar-refractivity contribution in [3.8, 4) is 0 Å². The lowest BCUT2D eigenvalue weighted by Crippen LogP contribution is -2.55. The molecule has 2 rings (SSSR count). The Morgan fingerprint density at radius 2 is 1.56 bits per heavy atom. The molecule has 0 amide bonds. The molecule has 0 aromatic heterocycles. The molecule has 0 aliphatic carbocycles. The summed E-state index contributed by atoms with van der Waals surface area (Å²) in [6, 6.07) is 0. The zero-order valence-electron chi connectivity index (χ0n) is 10.2. The van der Waals surface area contributed by atoms with Crippen LogP contribution in [0, 0.1) is 0 Å². The molecule has 0 aromatic rings. The largest absolute Gasteiger partial charge is 0.390 e. The van der Waals surface area contributed by atoms with Crippen LogP contribution in [0.25, 0.3) is 0 Å². The monoisotopic (exact) mass is 228 g/mol. The van der Waals surface area contributed by atoms with Gasteiger partial charge in [0.2, 0.25) is 0 Å². The molecule has 1 fully saturated rings. The molecule has 3 atom stereocenters. The second-order valence-electron chi connectivity index (χ2n) is 5.28. The number of aliphatic hydroxyl groups is 1. The fourth-order valence-electron chi connectivity index (χ4n) is 3.06. The van der Waals surface area contributed by atoms with Gasteiger partial charge < -0.3 is 19.3 Å². The fourth-order valence-corrected chi connectivity index (χ4v) is 3.06. The van der Waals surface area contributed by atoms with E-state index in [9.17, 15) is 5.11 Å². The highest BCUT2D eigenvalue weighted by Crippen LogP contribution is 2.47. The molecular weight excluding hydrogens is 208 g/mol. The van der Waals surface area contributed by atoms with Crippen LogP contribution in [0.4, 0.5) is 0 Å². The van der Waals surface area contributed by atoms with Crippen molar-refractivity contribution in [2.24, 2.45) is 0 Å². The van der Waals surface area contributed by atoms with Gasteiger partial charge >= 0.3 is 0 Å². The number of rotatable bonds is 4. The van der Waals surface area contributed by atoms with Gasteiger partial charge in [0, 0.05) is 27.1 Å². The van der Waals surface area contributed by atoms with Crippen molar-refractivity contribution in [3.05, 3.63) is 12.2 Å². The highest BCUT2D eigenvalue weighted by molar-refractivity contribution is 5.25. The quantitative estimate of drug-likeness (QED) is 0.726. The zero-order chi connectivity index (χ0) is 11.9. The van der Waals surface area contributed by atoms with Crippen molar-refractivity contribution < 1.29 is 19.3 Å². The molecule has 0 spiro atoms. The van der Waals surface area contributed by atoms with E-state index in [1.54, 1.807) is 14.2 Å². The molecule has 16 heavy (non-hydrogen) atoms. The smallest absolute Gasteiger partial charge is 0.114 e. The normalized spacial score (nSPS) is 46.2. The van der Waals surface area contributed by atoms with Gasteiger partial charge in [0.1, 0.15) is 11.2 Å². The fraction of sp³-hybridized carbons (Fsp3) is 0.833. The maximum Gasteiger partial charge on any atom is 0.114 e. The summed E-state index contributed by atoms with van der Waals surface area (Å²) in [5.41, 5.74) is -1.72. The number of hydrogen-bond acceptors (Lipinski definition) is 4. The van der Waals surface area contributed by atoms with E-state index in [1.165, 1.54) is 0 Å². The molecule has 92 valence electrons. The third-order valence-corrected chi connectivity index (χ3v) is 3.23. The molecule has 0 aromatic carbocycles. The van der Waals surface area contributed by atoms with Crippen LogP contribution in [0.3, 0.4) is 0 Å². The van der Waals surface area contributed by atoms with Crippen LogP contribution in [-0.2, 0) is 14.2 Å². The van der Waals surface area contributed by atoms with E-state index >= 15 is 0 Å². The molecule has 4 heteroatoms. The first-order chi connectivity index (χ1) is 7.45. The topological polar surface area (TPSA) is 47.9 Å². The van der Waals surface area contributed by atoms with Crippen molar-refractivity contribution in [3.63, 3.8) is 0 Å². The summed E-state index contributed by atoms with van der Waals surface area (Å²) in [6.45, 7) is 2.77. The Morgan fingerprint density at radius 3 is 1.94 bits per heavy atom. The lowest BCUT2D eigenvalue weighted by molar-refractivity contribution is -0.216. The van der Waals surface area contributed by atoms with Gasteiger partial charge in [-0.2, -0.15) is 0 Å². The first-order valence-electron chi connectivity index (χ1n) is 5.56. The molecule has 4 nitrogen and oxygen atoms in total. The third kappa shape index (κ3) is 2.02. The van der Waals surface area contributed by atoms with Gasteiger partial charge in [-0.1, -0.05) is 12.2 Å². The second-order valence-corrected chi connectivity index (χ2v) is 5.28. The molecule has 2 heterocycles. The molecule has 2 bridgehead atoms. The van der Waals surface area contributed by atoms with Gasteiger partial charge in [0.05, 0.1) is 18.8 Å². The van der Waals surface area contributed by atoms with E-state index in [0.717, 1.165) is 0 Å². The zero-order valence-corrected chi connectivity index (χ0v) is 10.2. The first kappa shape index (κ1) is 12.0. The van der Waals surface area contributed by atoms with Crippen molar-refractivity contribution in [1.29, 1.82) is 0 Å². The highest BCUT2D eigenvalue weighted by Gasteiger charge is 2.55. The molecule has 0 saturated carbocycles. The Bertz CT molecular complexity index is 273. The Labute approximate surface area is 96.2 Å². The average molecular weight is 228 g/mol. The minimum atomic E-state index is -0.737. The SMILES string of the molecule is COC[C@@]12C=C[C@@](COC)(C[C@@](C)(O)C1)O2. The van der Waals surface area contributed by atoms with Crippen molar-refractivity contribution >= 4 is 0 Å². The van der Waals surface area contributed by atoms with Gasteiger partial charge in [0.25, 0.3) is 0 Å². The maximum absolute atomic E-state index is 10.3. The van der Waals surface area contributed by atoms with Crippen molar-refractivity contribution in [2.45, 2.75) is 36.6 Å². The maximum atomic E-state index is 10.3. The third-order valence-electron chi connectivity index (χ3n) is 3.23. The minimum absolute atomic E-state index is 0.463. The van der Waals surface area contributed by atoms with Gasteiger partial charge in [-0.15, -0.1) is 0 Å². The number of methoxy groups -OCH3 is 2. The summed E-state index contributed by atoms with van der Waals surface area (Å²) in [5.74, 6) is 0.